The summed E-state index contributed by atoms with van der Waals surface area (Å²) in [6, 6.07) is 7.72. The Morgan fingerprint density at radius 3 is 2.75 bits per heavy atom. The van der Waals surface area contributed by atoms with Crippen LogP contribution in [0.2, 0.25) is 0 Å². The molecule has 0 fully saturated rings. The molecule has 148 valence electrons. The summed E-state index contributed by atoms with van der Waals surface area (Å²) in [7, 11) is 3.25. The van der Waals surface area contributed by atoms with Crippen molar-refractivity contribution in [2.45, 2.75) is 19.8 Å². The predicted octanol–water partition coefficient (Wildman–Crippen LogP) is 0.728. The van der Waals surface area contributed by atoms with Crippen LogP contribution in [0.5, 0.6) is 5.75 Å². The van der Waals surface area contributed by atoms with Crippen LogP contribution < -0.4 is 16.0 Å². The molecule has 3 rings (SSSR count). The highest BCUT2D eigenvalue weighted by molar-refractivity contribution is 5.76. The van der Waals surface area contributed by atoms with Gasteiger partial charge in [-0.15, -0.1) is 0 Å². The van der Waals surface area contributed by atoms with E-state index in [0.29, 0.717) is 25.4 Å². The van der Waals surface area contributed by atoms with Gasteiger partial charge in [0.15, 0.2) is 5.65 Å². The molecule has 1 aromatic carbocycles. The van der Waals surface area contributed by atoms with Crippen molar-refractivity contribution in [2.75, 3.05) is 20.2 Å². The number of H-pyrrole nitrogens is 2. The maximum absolute atomic E-state index is 12.3. The Bertz CT molecular complexity index is 1110. The van der Waals surface area contributed by atoms with Crippen LogP contribution in [-0.4, -0.2) is 50.5 Å². The van der Waals surface area contributed by atoms with Gasteiger partial charge < -0.3 is 14.6 Å². The van der Waals surface area contributed by atoms with Gasteiger partial charge >= 0.3 is 5.69 Å². The molecule has 0 atom stereocenters. The molecule has 9 nitrogen and oxygen atoms in total. The molecule has 2 aromatic heterocycles. The average Bonchev–Trinajstić information content (AvgIpc) is 3.11. The van der Waals surface area contributed by atoms with E-state index in [2.05, 4.69) is 15.0 Å². The largest absolute Gasteiger partial charge is 0.491 e. The molecule has 28 heavy (non-hydrogen) atoms. The fourth-order valence-electron chi connectivity index (χ4n) is 2.82. The number of aromatic nitrogens is 4. The molecule has 0 radical (unpaired) electrons. The number of hydrogen-bond acceptors (Lipinski definition) is 5. The third kappa shape index (κ3) is 4.13. The van der Waals surface area contributed by atoms with E-state index in [4.69, 9.17) is 4.74 Å². The second-order valence-corrected chi connectivity index (χ2v) is 6.63. The molecule has 2 N–H and O–H groups in total. The quantitative estimate of drug-likeness (QED) is 0.622. The first-order valence-electron chi connectivity index (χ1n) is 8.97. The molecule has 0 bridgehead atoms. The number of carbonyl (C=O) groups is 1. The number of ether oxygens (including phenoxy) is 1. The van der Waals surface area contributed by atoms with Crippen molar-refractivity contribution in [1.82, 2.24) is 24.4 Å². The van der Waals surface area contributed by atoms with Gasteiger partial charge in [-0.1, -0.05) is 18.2 Å². The SMILES string of the molecule is Cc1ccccc1OCCN(C)C(=O)CCc1nc2c([nH]1)c(=O)[nH]c(=O)n2C. The molecule has 1 amide bonds. The van der Waals surface area contributed by atoms with E-state index in [0.717, 1.165) is 11.3 Å². The lowest BCUT2D eigenvalue weighted by molar-refractivity contribution is -0.130. The minimum absolute atomic E-state index is 0.0587. The third-order valence-corrected chi connectivity index (χ3v) is 4.58. The Hall–Kier alpha value is -3.36. The van der Waals surface area contributed by atoms with Crippen LogP contribution in [0.25, 0.3) is 11.2 Å². The third-order valence-electron chi connectivity index (χ3n) is 4.58. The van der Waals surface area contributed by atoms with Crippen LogP contribution in [0.1, 0.15) is 17.8 Å². The van der Waals surface area contributed by atoms with Crippen LogP contribution in [0.15, 0.2) is 33.9 Å². The second-order valence-electron chi connectivity index (χ2n) is 6.63. The topological polar surface area (TPSA) is 113 Å². The highest BCUT2D eigenvalue weighted by Gasteiger charge is 2.14. The van der Waals surface area contributed by atoms with Crippen LogP contribution >= 0.6 is 0 Å². The number of nitrogens with one attached hydrogen (secondary N) is 2. The molecule has 0 saturated heterocycles. The normalized spacial score (nSPS) is 11.0. The maximum Gasteiger partial charge on any atom is 0.329 e. The van der Waals surface area contributed by atoms with Gasteiger partial charge in [0.25, 0.3) is 5.56 Å². The van der Waals surface area contributed by atoms with Gasteiger partial charge in [-0.3, -0.25) is 19.1 Å². The zero-order valence-electron chi connectivity index (χ0n) is 16.1. The van der Waals surface area contributed by atoms with E-state index in [9.17, 15) is 14.4 Å². The molecule has 9 heteroatoms. The van der Waals surface area contributed by atoms with Gasteiger partial charge in [-0.05, 0) is 18.6 Å². The Morgan fingerprint density at radius 2 is 2.00 bits per heavy atom. The number of fused-ring (bicyclic) bond motifs is 1. The van der Waals surface area contributed by atoms with Gasteiger partial charge in [-0.2, -0.15) is 0 Å². The van der Waals surface area contributed by atoms with Crippen molar-refractivity contribution in [2.24, 2.45) is 7.05 Å². The number of aromatic amines is 2. The number of imidazole rings is 1. The van der Waals surface area contributed by atoms with E-state index < -0.39 is 11.2 Å². The molecule has 0 saturated carbocycles. The summed E-state index contributed by atoms with van der Waals surface area (Å²) in [5, 5.41) is 0. The molecular weight excluding hydrogens is 362 g/mol. The summed E-state index contributed by atoms with van der Waals surface area (Å²) in [5.74, 6) is 1.23. The second kappa shape index (κ2) is 8.12. The van der Waals surface area contributed by atoms with Crippen LogP contribution in [0.3, 0.4) is 0 Å². The van der Waals surface area contributed by atoms with Crippen molar-refractivity contribution >= 4 is 17.1 Å². The minimum atomic E-state index is -0.528. The fourth-order valence-corrected chi connectivity index (χ4v) is 2.82. The average molecular weight is 385 g/mol. The van der Waals surface area contributed by atoms with Crippen LogP contribution in [0, 0.1) is 6.92 Å². The number of carbonyl (C=O) groups excluding carboxylic acids is 1. The van der Waals surface area contributed by atoms with Gasteiger partial charge in [-0.25, -0.2) is 9.78 Å². The maximum atomic E-state index is 12.3. The molecule has 0 spiro atoms. The van der Waals surface area contributed by atoms with E-state index in [-0.39, 0.29) is 23.5 Å². The first-order valence-corrected chi connectivity index (χ1v) is 8.97. The smallest absolute Gasteiger partial charge is 0.329 e. The van der Waals surface area contributed by atoms with Crippen molar-refractivity contribution < 1.29 is 9.53 Å². The van der Waals surface area contributed by atoms with E-state index in [1.807, 2.05) is 31.2 Å². The first kappa shape index (κ1) is 19.4. The van der Waals surface area contributed by atoms with Crippen molar-refractivity contribution in [1.29, 1.82) is 0 Å². The number of rotatable bonds is 7. The fraction of sp³-hybridized carbons (Fsp3) is 0.368. The van der Waals surface area contributed by atoms with Crippen LogP contribution in [0.4, 0.5) is 0 Å². The number of hydrogen-bond donors (Lipinski definition) is 2. The summed E-state index contributed by atoms with van der Waals surface area (Å²) in [6.45, 7) is 2.83. The number of para-hydroxylation sites is 1. The highest BCUT2D eigenvalue weighted by atomic mass is 16.5. The summed E-state index contributed by atoms with van der Waals surface area (Å²) < 4.78 is 6.97. The zero-order valence-corrected chi connectivity index (χ0v) is 16.1. The molecule has 0 aliphatic rings. The summed E-state index contributed by atoms with van der Waals surface area (Å²) in [5.41, 5.74) is 0.500. The van der Waals surface area contributed by atoms with Gasteiger partial charge in [0.2, 0.25) is 5.91 Å². The monoisotopic (exact) mass is 385 g/mol. The van der Waals surface area contributed by atoms with Crippen molar-refractivity contribution in [3.05, 3.63) is 56.5 Å². The first-order chi connectivity index (χ1) is 13.4. The van der Waals surface area contributed by atoms with E-state index in [1.165, 1.54) is 11.6 Å². The van der Waals surface area contributed by atoms with Crippen molar-refractivity contribution in [3.8, 4) is 5.75 Å². The number of amides is 1. The predicted molar refractivity (Wildman–Crippen MR) is 105 cm³/mol. The van der Waals surface area contributed by atoms with Gasteiger partial charge in [0, 0.05) is 26.9 Å². The molecule has 2 heterocycles. The summed E-state index contributed by atoms with van der Waals surface area (Å²) in [4.78, 5) is 46.8. The molecule has 0 aliphatic heterocycles. The summed E-state index contributed by atoms with van der Waals surface area (Å²) >= 11 is 0. The highest BCUT2D eigenvalue weighted by Crippen LogP contribution is 2.15. The lowest BCUT2D eigenvalue weighted by atomic mass is 10.2. The standard InChI is InChI=1S/C19H23N5O4/c1-12-6-4-5-7-13(12)28-11-10-23(2)15(25)9-8-14-20-16-17(21-14)24(3)19(27)22-18(16)26/h4-7H,8-11H2,1-3H3,(H,20,21)(H,22,26,27). The summed E-state index contributed by atoms with van der Waals surface area (Å²) in [6.07, 6.45) is 0.566. The molecule has 3 aromatic rings. The van der Waals surface area contributed by atoms with Crippen LogP contribution in [-0.2, 0) is 18.3 Å². The Morgan fingerprint density at radius 1 is 1.25 bits per heavy atom. The van der Waals surface area contributed by atoms with Gasteiger partial charge in [0.05, 0.1) is 6.54 Å². The number of aryl methyl sites for hydroxylation is 3. The van der Waals surface area contributed by atoms with Gasteiger partial charge in [0.1, 0.15) is 23.7 Å². The van der Waals surface area contributed by atoms with Crippen molar-refractivity contribution in [3.63, 3.8) is 0 Å². The number of benzene rings is 1. The Kier molecular flexibility index (Phi) is 5.62. The molecule has 0 unspecified atom stereocenters. The number of nitrogens with zero attached hydrogens (tertiary/aromatic N) is 3. The lowest BCUT2D eigenvalue weighted by Crippen LogP contribution is -2.31. The van der Waals surface area contributed by atoms with E-state index in [1.54, 1.807) is 11.9 Å². The van der Waals surface area contributed by atoms with E-state index >= 15 is 0 Å². The minimum Gasteiger partial charge on any atom is -0.491 e. The molecule has 0 aliphatic carbocycles. The lowest BCUT2D eigenvalue weighted by Gasteiger charge is -2.17. The Balaban J connectivity index is 1.55. The molecular formula is C19H23N5O4. The number of likely N-dealkylation sites (N-methyl/N-ethyl adjacent to an activating group) is 1. The Labute approximate surface area is 161 Å². The zero-order chi connectivity index (χ0) is 20.3.